The molecule has 0 spiro atoms. The van der Waals surface area contributed by atoms with Gasteiger partial charge in [-0.05, 0) is 34.4 Å². The van der Waals surface area contributed by atoms with Gasteiger partial charge in [0, 0.05) is 11.9 Å². The highest BCUT2D eigenvalue weighted by atomic mass is 14.7. The van der Waals surface area contributed by atoms with Gasteiger partial charge in [-0.2, -0.15) is 0 Å². The van der Waals surface area contributed by atoms with Gasteiger partial charge in [0.05, 0.1) is 0 Å². The molecule has 1 nitrogen and oxygen atoms in total. The molecule has 1 heteroatoms. The van der Waals surface area contributed by atoms with Gasteiger partial charge in [-0.1, -0.05) is 48.5 Å². The van der Waals surface area contributed by atoms with Gasteiger partial charge in [0.25, 0.3) is 0 Å². The number of rotatable bonds is 2. The van der Waals surface area contributed by atoms with Crippen LogP contribution in [0.25, 0.3) is 0 Å². The van der Waals surface area contributed by atoms with Gasteiger partial charge in [0.15, 0.2) is 0 Å². The lowest BCUT2D eigenvalue weighted by molar-refractivity contribution is 0.572. The molecular formula is C15H25N. The van der Waals surface area contributed by atoms with E-state index in [4.69, 9.17) is 0 Å². The van der Waals surface area contributed by atoms with Gasteiger partial charge in [-0.15, -0.1) is 0 Å². The van der Waals surface area contributed by atoms with Crippen molar-refractivity contribution < 1.29 is 0 Å². The van der Waals surface area contributed by atoms with Crippen LogP contribution in [0.3, 0.4) is 0 Å². The van der Waals surface area contributed by atoms with Crippen LogP contribution < -0.4 is 0 Å². The molecule has 0 amide bonds. The lowest BCUT2D eigenvalue weighted by Crippen LogP contribution is -2.16. The zero-order valence-corrected chi connectivity index (χ0v) is 11.8. The summed E-state index contributed by atoms with van der Waals surface area (Å²) in [6, 6.07) is 2.29. The van der Waals surface area contributed by atoms with Gasteiger partial charge in [-0.25, -0.2) is 0 Å². The fourth-order valence-corrected chi connectivity index (χ4v) is 1.91. The Morgan fingerprint density at radius 3 is 1.94 bits per heavy atom. The molecule has 16 heavy (non-hydrogen) atoms. The van der Waals surface area contributed by atoms with Crippen molar-refractivity contribution in [1.82, 2.24) is 4.98 Å². The SMILES string of the molecule is CC(C)c1cc(C(C)(C)C)c(C(C)C)cn1. The molecule has 90 valence electrons. The Kier molecular flexibility index (Phi) is 3.77. The highest BCUT2D eigenvalue weighted by Gasteiger charge is 2.20. The first-order valence-electron chi connectivity index (χ1n) is 6.23. The summed E-state index contributed by atoms with van der Waals surface area (Å²) in [4.78, 5) is 4.57. The van der Waals surface area contributed by atoms with Crippen LogP contribution in [0.15, 0.2) is 12.3 Å². The molecule has 1 rings (SSSR count). The summed E-state index contributed by atoms with van der Waals surface area (Å²) < 4.78 is 0. The van der Waals surface area contributed by atoms with E-state index in [1.807, 2.05) is 0 Å². The Balaban J connectivity index is 3.33. The van der Waals surface area contributed by atoms with E-state index in [-0.39, 0.29) is 5.41 Å². The molecule has 0 aromatic carbocycles. The molecule has 0 aliphatic carbocycles. The Hall–Kier alpha value is -0.850. The fraction of sp³-hybridized carbons (Fsp3) is 0.667. The van der Waals surface area contributed by atoms with Gasteiger partial charge in [0.2, 0.25) is 0 Å². The van der Waals surface area contributed by atoms with Gasteiger partial charge in [-0.3, -0.25) is 4.98 Å². The molecular weight excluding hydrogens is 194 g/mol. The summed E-state index contributed by atoms with van der Waals surface area (Å²) in [5, 5.41) is 0. The second-order valence-corrected chi connectivity index (χ2v) is 6.26. The number of pyridine rings is 1. The molecule has 0 unspecified atom stereocenters. The van der Waals surface area contributed by atoms with Crippen molar-refractivity contribution in [2.24, 2.45) is 0 Å². The summed E-state index contributed by atoms with van der Waals surface area (Å²) >= 11 is 0. The molecule has 0 N–H and O–H groups in total. The summed E-state index contributed by atoms with van der Waals surface area (Å²) in [7, 11) is 0. The third kappa shape index (κ3) is 2.84. The van der Waals surface area contributed by atoms with Crippen molar-refractivity contribution in [3.63, 3.8) is 0 Å². The fourth-order valence-electron chi connectivity index (χ4n) is 1.91. The predicted molar refractivity (Wildman–Crippen MR) is 71.1 cm³/mol. The zero-order valence-electron chi connectivity index (χ0n) is 11.8. The van der Waals surface area contributed by atoms with Crippen molar-refractivity contribution in [3.8, 4) is 0 Å². The maximum Gasteiger partial charge on any atom is 0.0432 e. The summed E-state index contributed by atoms with van der Waals surface area (Å²) in [5.74, 6) is 1.05. The average molecular weight is 219 g/mol. The summed E-state index contributed by atoms with van der Waals surface area (Å²) in [5.41, 5.74) is 4.24. The van der Waals surface area contributed by atoms with Crippen LogP contribution in [0.5, 0.6) is 0 Å². The minimum absolute atomic E-state index is 0.201. The standard InChI is InChI=1S/C15H25N/c1-10(2)12-9-16-14(11(3)4)8-13(12)15(5,6)7/h8-11H,1-7H3. The van der Waals surface area contributed by atoms with E-state index < -0.39 is 0 Å². The molecule has 0 saturated carbocycles. The second-order valence-electron chi connectivity index (χ2n) is 6.26. The molecule has 0 saturated heterocycles. The number of nitrogens with zero attached hydrogens (tertiary/aromatic N) is 1. The molecule has 0 atom stereocenters. The van der Waals surface area contributed by atoms with E-state index in [1.54, 1.807) is 0 Å². The normalized spacial score (nSPS) is 12.6. The van der Waals surface area contributed by atoms with E-state index in [0.29, 0.717) is 11.8 Å². The second kappa shape index (κ2) is 4.57. The van der Waals surface area contributed by atoms with Crippen molar-refractivity contribution >= 4 is 0 Å². The van der Waals surface area contributed by atoms with Gasteiger partial charge >= 0.3 is 0 Å². The van der Waals surface area contributed by atoms with E-state index in [1.165, 1.54) is 16.8 Å². The molecule has 1 aromatic rings. The van der Waals surface area contributed by atoms with E-state index in [2.05, 4.69) is 65.7 Å². The van der Waals surface area contributed by atoms with Crippen LogP contribution in [-0.4, -0.2) is 4.98 Å². The Morgan fingerprint density at radius 2 is 1.56 bits per heavy atom. The van der Waals surface area contributed by atoms with Gasteiger partial charge in [0.1, 0.15) is 0 Å². The van der Waals surface area contributed by atoms with E-state index in [9.17, 15) is 0 Å². The number of hydrogen-bond donors (Lipinski definition) is 0. The topological polar surface area (TPSA) is 12.9 Å². The lowest BCUT2D eigenvalue weighted by atomic mass is 9.81. The summed E-state index contributed by atoms with van der Waals surface area (Å²) in [6.07, 6.45) is 2.07. The van der Waals surface area contributed by atoms with Gasteiger partial charge < -0.3 is 0 Å². The monoisotopic (exact) mass is 219 g/mol. The molecule has 0 aliphatic heterocycles. The average Bonchev–Trinajstić information content (AvgIpc) is 2.15. The van der Waals surface area contributed by atoms with Crippen LogP contribution in [0.4, 0.5) is 0 Å². The van der Waals surface area contributed by atoms with Crippen molar-refractivity contribution in [1.29, 1.82) is 0 Å². The maximum atomic E-state index is 4.57. The molecule has 0 fully saturated rings. The van der Waals surface area contributed by atoms with E-state index in [0.717, 1.165) is 0 Å². The molecule has 1 heterocycles. The highest BCUT2D eigenvalue weighted by molar-refractivity contribution is 5.35. The van der Waals surface area contributed by atoms with E-state index >= 15 is 0 Å². The zero-order chi connectivity index (χ0) is 12.5. The number of aromatic nitrogens is 1. The molecule has 1 aromatic heterocycles. The minimum atomic E-state index is 0.201. The van der Waals surface area contributed by atoms with Crippen molar-refractivity contribution in [2.75, 3.05) is 0 Å². The first-order valence-corrected chi connectivity index (χ1v) is 6.23. The molecule has 0 radical (unpaired) electrons. The quantitative estimate of drug-likeness (QED) is 0.707. The third-order valence-corrected chi connectivity index (χ3v) is 2.98. The Bertz CT molecular complexity index is 356. The van der Waals surface area contributed by atoms with Crippen molar-refractivity contribution in [3.05, 3.63) is 29.1 Å². The van der Waals surface area contributed by atoms with Crippen LogP contribution >= 0.6 is 0 Å². The predicted octanol–water partition coefficient (Wildman–Crippen LogP) is 4.63. The third-order valence-electron chi connectivity index (χ3n) is 2.98. The first kappa shape index (κ1) is 13.2. The lowest BCUT2D eigenvalue weighted by Gasteiger charge is -2.25. The minimum Gasteiger partial charge on any atom is -0.261 e. The summed E-state index contributed by atoms with van der Waals surface area (Å²) in [6.45, 7) is 15.7. The largest absolute Gasteiger partial charge is 0.261 e. The first-order chi connectivity index (χ1) is 7.23. The molecule has 0 bridgehead atoms. The Labute approximate surface area is 100 Å². The Morgan fingerprint density at radius 1 is 1.00 bits per heavy atom. The van der Waals surface area contributed by atoms with Crippen LogP contribution in [0, 0.1) is 0 Å². The van der Waals surface area contributed by atoms with Crippen LogP contribution in [-0.2, 0) is 5.41 Å². The highest BCUT2D eigenvalue weighted by Crippen LogP contribution is 2.31. The number of hydrogen-bond acceptors (Lipinski definition) is 1. The smallest absolute Gasteiger partial charge is 0.0432 e. The van der Waals surface area contributed by atoms with Crippen molar-refractivity contribution in [2.45, 2.75) is 65.7 Å². The maximum absolute atomic E-state index is 4.57. The van der Waals surface area contributed by atoms with Crippen LogP contribution in [0.2, 0.25) is 0 Å². The molecule has 0 aliphatic rings. The van der Waals surface area contributed by atoms with Crippen LogP contribution in [0.1, 0.15) is 77.1 Å².